The van der Waals surface area contributed by atoms with Gasteiger partial charge in [-0.2, -0.15) is 13.2 Å². The molecule has 1 aliphatic rings. The Labute approximate surface area is 157 Å². The number of ether oxygens (including phenoxy) is 2. The standard InChI is InChI=1S/C17H16F4N4O3/c18-11-5-10(14-7-22-3-4-27-14)1-2-12(11)25-16(26)13-6-24-15(8-23-13)28-9-17(19,20)21/h1-2,5-6,8,14,22H,3-4,7,9H2,(H,25,26)/t14-/m1/s1. The second-order valence-corrected chi connectivity index (χ2v) is 5.90. The number of hydrogen-bond acceptors (Lipinski definition) is 6. The number of morpholine rings is 1. The summed E-state index contributed by atoms with van der Waals surface area (Å²) < 4.78 is 60.5. The van der Waals surface area contributed by atoms with Crippen molar-refractivity contribution in [2.45, 2.75) is 12.3 Å². The van der Waals surface area contributed by atoms with Crippen LogP contribution in [0.1, 0.15) is 22.2 Å². The van der Waals surface area contributed by atoms with Gasteiger partial charge in [-0.25, -0.2) is 14.4 Å². The Kier molecular flexibility index (Phi) is 6.05. The van der Waals surface area contributed by atoms with Crippen molar-refractivity contribution in [3.05, 3.63) is 47.7 Å². The molecule has 0 unspecified atom stereocenters. The summed E-state index contributed by atoms with van der Waals surface area (Å²) >= 11 is 0. The largest absolute Gasteiger partial charge is 0.467 e. The van der Waals surface area contributed by atoms with Crippen molar-refractivity contribution < 1.29 is 31.8 Å². The molecular weight excluding hydrogens is 384 g/mol. The lowest BCUT2D eigenvalue weighted by Crippen LogP contribution is -2.33. The van der Waals surface area contributed by atoms with Gasteiger partial charge in [0.15, 0.2) is 6.61 Å². The van der Waals surface area contributed by atoms with Gasteiger partial charge in [-0.3, -0.25) is 4.79 Å². The van der Waals surface area contributed by atoms with Crippen LogP contribution in [-0.2, 0) is 4.74 Å². The second kappa shape index (κ2) is 8.48. The normalized spacial score (nSPS) is 17.2. The Hall–Kier alpha value is -2.79. The lowest BCUT2D eigenvalue weighted by molar-refractivity contribution is -0.154. The van der Waals surface area contributed by atoms with E-state index in [1.807, 2.05) is 0 Å². The maximum absolute atomic E-state index is 14.3. The van der Waals surface area contributed by atoms with Crippen molar-refractivity contribution in [1.29, 1.82) is 0 Å². The SMILES string of the molecule is O=C(Nc1ccc([C@H]2CNCCO2)cc1F)c1cnc(OCC(F)(F)F)cn1. The van der Waals surface area contributed by atoms with Crippen molar-refractivity contribution in [2.24, 2.45) is 0 Å². The Morgan fingerprint density at radius 1 is 1.32 bits per heavy atom. The van der Waals surface area contributed by atoms with Gasteiger partial charge in [-0.15, -0.1) is 0 Å². The van der Waals surface area contributed by atoms with Gasteiger partial charge in [-0.1, -0.05) is 6.07 Å². The molecule has 28 heavy (non-hydrogen) atoms. The minimum Gasteiger partial charge on any atom is -0.467 e. The van der Waals surface area contributed by atoms with Crippen LogP contribution in [0.25, 0.3) is 0 Å². The van der Waals surface area contributed by atoms with E-state index in [1.54, 1.807) is 6.07 Å². The highest BCUT2D eigenvalue weighted by Crippen LogP contribution is 2.24. The zero-order chi connectivity index (χ0) is 20.1. The topological polar surface area (TPSA) is 85.4 Å². The summed E-state index contributed by atoms with van der Waals surface area (Å²) in [6, 6.07) is 4.30. The number of carbonyl (C=O) groups excluding carboxylic acids is 1. The van der Waals surface area contributed by atoms with Gasteiger partial charge in [0.25, 0.3) is 5.91 Å². The third kappa shape index (κ3) is 5.36. The Morgan fingerprint density at radius 2 is 2.14 bits per heavy atom. The smallest absolute Gasteiger partial charge is 0.422 e. The van der Waals surface area contributed by atoms with Crippen molar-refractivity contribution >= 4 is 11.6 Å². The Balaban J connectivity index is 1.62. The lowest BCUT2D eigenvalue weighted by atomic mass is 10.1. The molecule has 3 rings (SSSR count). The molecular formula is C17H16F4N4O3. The van der Waals surface area contributed by atoms with Crippen LogP contribution < -0.4 is 15.4 Å². The third-order valence-corrected chi connectivity index (χ3v) is 3.79. The van der Waals surface area contributed by atoms with Crippen molar-refractivity contribution in [2.75, 3.05) is 31.6 Å². The molecule has 150 valence electrons. The molecule has 1 aromatic carbocycles. The average Bonchev–Trinajstić information content (AvgIpc) is 2.68. The molecule has 0 spiro atoms. The molecule has 11 heteroatoms. The summed E-state index contributed by atoms with van der Waals surface area (Å²) in [5.74, 6) is -1.80. The van der Waals surface area contributed by atoms with Gasteiger partial charge in [0.1, 0.15) is 11.5 Å². The molecule has 1 amide bonds. The second-order valence-electron chi connectivity index (χ2n) is 5.90. The van der Waals surface area contributed by atoms with Crippen LogP contribution in [-0.4, -0.2) is 48.4 Å². The van der Waals surface area contributed by atoms with Crippen LogP contribution in [0.2, 0.25) is 0 Å². The number of amides is 1. The van der Waals surface area contributed by atoms with Gasteiger partial charge >= 0.3 is 6.18 Å². The van der Waals surface area contributed by atoms with E-state index in [4.69, 9.17) is 4.74 Å². The summed E-state index contributed by atoms with van der Waals surface area (Å²) in [5, 5.41) is 5.48. The van der Waals surface area contributed by atoms with Crippen molar-refractivity contribution in [3.63, 3.8) is 0 Å². The maximum atomic E-state index is 14.3. The van der Waals surface area contributed by atoms with Crippen LogP contribution in [0.4, 0.5) is 23.2 Å². The van der Waals surface area contributed by atoms with E-state index in [1.165, 1.54) is 12.1 Å². The fourth-order valence-electron chi connectivity index (χ4n) is 2.46. The number of alkyl halides is 3. The molecule has 1 saturated heterocycles. The molecule has 1 aliphatic heterocycles. The number of hydrogen-bond donors (Lipinski definition) is 2. The molecule has 0 radical (unpaired) electrons. The predicted molar refractivity (Wildman–Crippen MR) is 89.5 cm³/mol. The molecule has 2 heterocycles. The van der Waals surface area contributed by atoms with Gasteiger partial charge in [0.05, 0.1) is 30.8 Å². The molecule has 2 N–H and O–H groups in total. The molecule has 0 saturated carbocycles. The number of benzene rings is 1. The van der Waals surface area contributed by atoms with E-state index in [9.17, 15) is 22.4 Å². The van der Waals surface area contributed by atoms with Crippen LogP contribution in [0.5, 0.6) is 5.88 Å². The van der Waals surface area contributed by atoms with Gasteiger partial charge < -0.3 is 20.1 Å². The van der Waals surface area contributed by atoms with E-state index in [0.717, 1.165) is 18.9 Å². The molecule has 7 nitrogen and oxygen atoms in total. The summed E-state index contributed by atoms with van der Waals surface area (Å²) in [4.78, 5) is 19.4. The summed E-state index contributed by atoms with van der Waals surface area (Å²) in [5.41, 5.74) is 0.355. The quantitative estimate of drug-likeness (QED) is 0.751. The van der Waals surface area contributed by atoms with Crippen LogP contribution in [0.3, 0.4) is 0 Å². The first kappa shape index (κ1) is 20.0. The van der Waals surface area contributed by atoms with Gasteiger partial charge in [0.2, 0.25) is 5.88 Å². The number of nitrogens with one attached hydrogen (secondary N) is 2. The zero-order valence-corrected chi connectivity index (χ0v) is 14.4. The predicted octanol–water partition coefficient (Wildman–Crippen LogP) is 2.47. The molecule has 0 bridgehead atoms. The average molecular weight is 400 g/mol. The fourth-order valence-corrected chi connectivity index (χ4v) is 2.46. The molecule has 2 aromatic rings. The highest BCUT2D eigenvalue weighted by Gasteiger charge is 2.28. The maximum Gasteiger partial charge on any atom is 0.422 e. The van der Waals surface area contributed by atoms with E-state index in [2.05, 4.69) is 25.3 Å². The van der Waals surface area contributed by atoms with E-state index < -0.39 is 24.5 Å². The lowest BCUT2D eigenvalue weighted by Gasteiger charge is -2.24. The number of halogens is 4. The summed E-state index contributed by atoms with van der Waals surface area (Å²) in [6.07, 6.45) is -2.97. The van der Waals surface area contributed by atoms with Crippen LogP contribution in [0.15, 0.2) is 30.6 Å². The fraction of sp³-hybridized carbons (Fsp3) is 0.353. The highest BCUT2D eigenvalue weighted by atomic mass is 19.4. The minimum atomic E-state index is -4.51. The summed E-state index contributed by atoms with van der Waals surface area (Å²) in [7, 11) is 0. The van der Waals surface area contributed by atoms with Crippen LogP contribution >= 0.6 is 0 Å². The first-order valence-electron chi connectivity index (χ1n) is 8.26. The number of anilines is 1. The first-order chi connectivity index (χ1) is 13.3. The zero-order valence-electron chi connectivity index (χ0n) is 14.4. The first-order valence-corrected chi connectivity index (χ1v) is 8.26. The van der Waals surface area contributed by atoms with Gasteiger partial charge in [-0.05, 0) is 17.7 Å². The monoisotopic (exact) mass is 400 g/mol. The van der Waals surface area contributed by atoms with E-state index in [-0.39, 0.29) is 23.4 Å². The molecule has 1 fully saturated rings. The number of rotatable bonds is 5. The number of nitrogens with zero attached hydrogens (tertiary/aromatic N) is 2. The third-order valence-electron chi connectivity index (χ3n) is 3.79. The van der Waals surface area contributed by atoms with E-state index >= 15 is 0 Å². The Morgan fingerprint density at radius 3 is 2.75 bits per heavy atom. The number of carbonyl (C=O) groups is 1. The van der Waals surface area contributed by atoms with Crippen molar-refractivity contribution in [1.82, 2.24) is 15.3 Å². The van der Waals surface area contributed by atoms with E-state index in [0.29, 0.717) is 18.7 Å². The molecule has 1 atom stereocenters. The number of aromatic nitrogens is 2. The molecule has 0 aliphatic carbocycles. The van der Waals surface area contributed by atoms with Crippen molar-refractivity contribution in [3.8, 4) is 5.88 Å². The highest BCUT2D eigenvalue weighted by molar-refractivity contribution is 6.02. The van der Waals surface area contributed by atoms with Gasteiger partial charge in [0, 0.05) is 13.1 Å². The summed E-state index contributed by atoms with van der Waals surface area (Å²) in [6.45, 7) is 0.287. The minimum absolute atomic E-state index is 0.0725. The Bertz CT molecular complexity index is 824. The van der Waals surface area contributed by atoms with Crippen LogP contribution in [0, 0.1) is 5.82 Å². The molecule has 1 aromatic heterocycles.